The molecule has 2 N–H and O–H groups in total. The average molecular weight is 286 g/mol. The summed E-state index contributed by atoms with van der Waals surface area (Å²) in [6.45, 7) is 7.68. The highest BCUT2D eigenvalue weighted by molar-refractivity contribution is 5.57. The van der Waals surface area contributed by atoms with Gasteiger partial charge >= 0.3 is 0 Å². The molecule has 0 unspecified atom stereocenters. The fourth-order valence-electron chi connectivity index (χ4n) is 1.98. The van der Waals surface area contributed by atoms with E-state index in [2.05, 4.69) is 44.4 Å². The molecule has 2 aromatic heterocycles. The summed E-state index contributed by atoms with van der Waals surface area (Å²) in [5.74, 6) is 1.76. The third kappa shape index (κ3) is 4.11. The normalized spacial score (nSPS) is 10.4. The minimum absolute atomic E-state index is 0.602. The lowest BCUT2D eigenvalue weighted by Gasteiger charge is -2.13. The van der Waals surface area contributed by atoms with Crippen LogP contribution < -0.4 is 10.6 Å². The van der Waals surface area contributed by atoms with Gasteiger partial charge in [0.2, 0.25) is 0 Å². The lowest BCUT2D eigenvalue weighted by molar-refractivity contribution is 0.935. The molecule has 0 atom stereocenters. The van der Waals surface area contributed by atoms with Gasteiger partial charge in [-0.25, -0.2) is 9.97 Å². The number of nitrogens with zero attached hydrogens (tertiary/aromatic N) is 4. The van der Waals surface area contributed by atoms with Crippen molar-refractivity contribution in [2.24, 2.45) is 0 Å². The molecule has 0 radical (unpaired) electrons. The number of anilines is 2. The van der Waals surface area contributed by atoms with Gasteiger partial charge in [0, 0.05) is 18.3 Å². The molecule has 0 aliphatic rings. The van der Waals surface area contributed by atoms with Gasteiger partial charge in [-0.2, -0.15) is 0 Å². The molecule has 0 fully saturated rings. The largest absolute Gasteiger partial charge is 0.370 e. The molecule has 0 saturated carbocycles. The number of hydrogen-bond donors (Lipinski definition) is 2. The van der Waals surface area contributed by atoms with E-state index in [1.54, 1.807) is 18.7 Å². The molecule has 0 spiro atoms. The van der Waals surface area contributed by atoms with Gasteiger partial charge in [0.05, 0.1) is 24.1 Å². The molecule has 21 heavy (non-hydrogen) atoms. The van der Waals surface area contributed by atoms with E-state index in [-0.39, 0.29) is 0 Å². The second-order valence-electron chi connectivity index (χ2n) is 4.83. The molecular weight excluding hydrogens is 264 g/mol. The van der Waals surface area contributed by atoms with Crippen molar-refractivity contribution >= 4 is 11.6 Å². The molecular formula is C15H22N6. The van der Waals surface area contributed by atoms with Gasteiger partial charge in [-0.3, -0.25) is 9.97 Å². The maximum absolute atomic E-state index is 4.34. The van der Waals surface area contributed by atoms with Crippen LogP contribution in [0.5, 0.6) is 0 Å². The quantitative estimate of drug-likeness (QED) is 0.814. The van der Waals surface area contributed by atoms with Crippen LogP contribution >= 0.6 is 0 Å². The monoisotopic (exact) mass is 286 g/mol. The molecule has 0 aliphatic carbocycles. The second-order valence-corrected chi connectivity index (χ2v) is 4.83. The number of aromatic nitrogens is 4. The Morgan fingerprint density at radius 3 is 2.33 bits per heavy atom. The van der Waals surface area contributed by atoms with Crippen LogP contribution in [0.2, 0.25) is 0 Å². The number of aryl methyl sites for hydroxylation is 1. The van der Waals surface area contributed by atoms with Crippen molar-refractivity contribution in [3.8, 4) is 0 Å². The summed E-state index contributed by atoms with van der Waals surface area (Å²) in [6.07, 6.45) is 7.07. The van der Waals surface area contributed by atoms with Crippen molar-refractivity contribution in [3.63, 3.8) is 0 Å². The van der Waals surface area contributed by atoms with Crippen LogP contribution in [0.3, 0.4) is 0 Å². The summed E-state index contributed by atoms with van der Waals surface area (Å²) < 4.78 is 0. The van der Waals surface area contributed by atoms with E-state index >= 15 is 0 Å². The average Bonchev–Trinajstić information content (AvgIpc) is 2.52. The molecule has 2 aromatic rings. The van der Waals surface area contributed by atoms with Gasteiger partial charge in [0.25, 0.3) is 0 Å². The SMILES string of the molecule is CCCNc1ncnc(NCc2cnc(C)cn2)c1CC. The van der Waals surface area contributed by atoms with E-state index in [1.807, 2.05) is 6.92 Å². The van der Waals surface area contributed by atoms with Gasteiger partial charge < -0.3 is 10.6 Å². The van der Waals surface area contributed by atoms with Crippen LogP contribution in [-0.2, 0) is 13.0 Å². The zero-order chi connectivity index (χ0) is 15.1. The lowest BCUT2D eigenvalue weighted by atomic mass is 10.2. The van der Waals surface area contributed by atoms with Crippen LogP contribution in [0.4, 0.5) is 11.6 Å². The summed E-state index contributed by atoms with van der Waals surface area (Å²) in [6, 6.07) is 0. The van der Waals surface area contributed by atoms with E-state index in [1.165, 1.54) is 0 Å². The van der Waals surface area contributed by atoms with Gasteiger partial charge in [-0.15, -0.1) is 0 Å². The fourth-order valence-corrected chi connectivity index (χ4v) is 1.98. The van der Waals surface area contributed by atoms with Crippen molar-refractivity contribution in [2.45, 2.75) is 40.2 Å². The van der Waals surface area contributed by atoms with E-state index in [0.717, 1.165) is 48.0 Å². The zero-order valence-electron chi connectivity index (χ0n) is 12.8. The number of rotatable bonds is 7. The van der Waals surface area contributed by atoms with Gasteiger partial charge in [0.1, 0.15) is 18.0 Å². The van der Waals surface area contributed by atoms with Crippen molar-refractivity contribution < 1.29 is 0 Å². The first-order chi connectivity index (χ1) is 10.2. The maximum Gasteiger partial charge on any atom is 0.135 e. The minimum atomic E-state index is 0.602. The Morgan fingerprint density at radius 2 is 1.71 bits per heavy atom. The van der Waals surface area contributed by atoms with Crippen molar-refractivity contribution in [1.29, 1.82) is 0 Å². The van der Waals surface area contributed by atoms with E-state index in [9.17, 15) is 0 Å². The zero-order valence-corrected chi connectivity index (χ0v) is 12.8. The van der Waals surface area contributed by atoms with Crippen LogP contribution in [0.25, 0.3) is 0 Å². The maximum atomic E-state index is 4.34. The smallest absolute Gasteiger partial charge is 0.135 e. The van der Waals surface area contributed by atoms with E-state index < -0.39 is 0 Å². The van der Waals surface area contributed by atoms with Crippen LogP contribution in [0.15, 0.2) is 18.7 Å². The number of nitrogens with one attached hydrogen (secondary N) is 2. The lowest BCUT2D eigenvalue weighted by Crippen LogP contribution is -2.11. The summed E-state index contributed by atoms with van der Waals surface area (Å²) >= 11 is 0. The van der Waals surface area contributed by atoms with E-state index in [0.29, 0.717) is 6.54 Å². The third-order valence-corrected chi connectivity index (χ3v) is 3.11. The molecule has 0 aromatic carbocycles. The topological polar surface area (TPSA) is 75.6 Å². The molecule has 2 heterocycles. The first-order valence-corrected chi connectivity index (χ1v) is 7.33. The van der Waals surface area contributed by atoms with Crippen molar-refractivity contribution in [1.82, 2.24) is 19.9 Å². The summed E-state index contributed by atoms with van der Waals surface area (Å²) in [4.78, 5) is 17.2. The Balaban J connectivity index is 2.10. The van der Waals surface area contributed by atoms with E-state index in [4.69, 9.17) is 0 Å². The molecule has 0 aliphatic heterocycles. The molecule has 112 valence electrons. The van der Waals surface area contributed by atoms with Crippen LogP contribution in [0, 0.1) is 6.92 Å². The standard InChI is InChI=1S/C15H22N6/c1-4-6-16-14-13(5-2)15(21-10-20-14)19-9-12-8-17-11(3)7-18-12/h7-8,10H,4-6,9H2,1-3H3,(H2,16,19,20,21). The summed E-state index contributed by atoms with van der Waals surface area (Å²) in [5, 5.41) is 6.66. The Kier molecular flexibility index (Phi) is 5.43. The first-order valence-electron chi connectivity index (χ1n) is 7.33. The highest BCUT2D eigenvalue weighted by Crippen LogP contribution is 2.20. The highest BCUT2D eigenvalue weighted by Gasteiger charge is 2.09. The minimum Gasteiger partial charge on any atom is -0.370 e. The van der Waals surface area contributed by atoms with Crippen LogP contribution in [-0.4, -0.2) is 26.5 Å². The van der Waals surface area contributed by atoms with Crippen molar-refractivity contribution in [2.75, 3.05) is 17.2 Å². The van der Waals surface area contributed by atoms with Gasteiger partial charge in [-0.05, 0) is 19.8 Å². The van der Waals surface area contributed by atoms with Crippen molar-refractivity contribution in [3.05, 3.63) is 35.7 Å². The molecule has 0 bridgehead atoms. The predicted molar refractivity (Wildman–Crippen MR) is 84.3 cm³/mol. The summed E-state index contributed by atoms with van der Waals surface area (Å²) in [7, 11) is 0. The second kappa shape index (κ2) is 7.52. The predicted octanol–water partition coefficient (Wildman–Crippen LogP) is 2.57. The molecule has 0 amide bonds. The molecule has 0 saturated heterocycles. The Morgan fingerprint density at radius 1 is 0.952 bits per heavy atom. The van der Waals surface area contributed by atoms with Crippen LogP contribution in [0.1, 0.15) is 37.2 Å². The molecule has 6 nitrogen and oxygen atoms in total. The Bertz CT molecular complexity index is 567. The molecule has 6 heteroatoms. The Labute approximate surface area is 125 Å². The number of hydrogen-bond acceptors (Lipinski definition) is 6. The Hall–Kier alpha value is -2.24. The molecule has 2 rings (SSSR count). The highest BCUT2D eigenvalue weighted by atomic mass is 15.1. The fraction of sp³-hybridized carbons (Fsp3) is 0.467. The third-order valence-electron chi connectivity index (χ3n) is 3.11. The van der Waals surface area contributed by atoms with Gasteiger partial charge in [0.15, 0.2) is 0 Å². The van der Waals surface area contributed by atoms with Gasteiger partial charge in [-0.1, -0.05) is 13.8 Å². The first kappa shape index (κ1) is 15.2. The summed E-state index contributed by atoms with van der Waals surface area (Å²) in [5.41, 5.74) is 2.91.